The maximum atomic E-state index is 14.1. The fraction of sp³-hybridized carbons (Fsp3) is 0.688. The summed E-state index contributed by atoms with van der Waals surface area (Å²) < 4.78 is 19.4. The lowest BCUT2D eigenvalue weighted by atomic mass is 9.78. The van der Waals surface area contributed by atoms with Crippen LogP contribution in [-0.4, -0.2) is 60.4 Å². The summed E-state index contributed by atoms with van der Waals surface area (Å²) >= 11 is 0. The summed E-state index contributed by atoms with van der Waals surface area (Å²) in [5, 5.41) is 9.61. The van der Waals surface area contributed by atoms with Crippen LogP contribution in [-0.2, 0) is 9.53 Å². The summed E-state index contributed by atoms with van der Waals surface area (Å²) in [6.07, 6.45) is 3.13. The highest BCUT2D eigenvalue weighted by molar-refractivity contribution is 5.75. The molecule has 0 aliphatic carbocycles. The maximum Gasteiger partial charge on any atom is 0.311 e. The van der Waals surface area contributed by atoms with E-state index in [0.717, 1.165) is 6.42 Å². The van der Waals surface area contributed by atoms with E-state index < -0.39 is 17.2 Å². The molecular weight excluding hydrogens is 315 g/mol. The van der Waals surface area contributed by atoms with E-state index in [1.54, 1.807) is 0 Å². The van der Waals surface area contributed by atoms with Gasteiger partial charge in [0.05, 0.1) is 24.8 Å². The van der Waals surface area contributed by atoms with Gasteiger partial charge < -0.3 is 19.6 Å². The van der Waals surface area contributed by atoms with Crippen molar-refractivity contribution in [3.8, 4) is 0 Å². The zero-order valence-electron chi connectivity index (χ0n) is 13.9. The molecule has 0 saturated carbocycles. The Kier molecular flexibility index (Phi) is 4.84. The number of hydrogen-bond donors (Lipinski definition) is 1. The smallest absolute Gasteiger partial charge is 0.311 e. The molecule has 0 unspecified atom stereocenters. The van der Waals surface area contributed by atoms with Crippen molar-refractivity contribution in [3.05, 3.63) is 12.0 Å². The molecule has 2 fully saturated rings. The average Bonchev–Trinajstić information content (AvgIpc) is 2.62. The van der Waals surface area contributed by atoms with Gasteiger partial charge in [0.2, 0.25) is 5.95 Å². The molecule has 3 rings (SSSR count). The monoisotopic (exact) mass is 338 g/mol. The number of ether oxygens (including phenoxy) is 1. The van der Waals surface area contributed by atoms with Crippen LogP contribution < -0.4 is 9.80 Å². The molecule has 0 radical (unpaired) electrons. The predicted molar refractivity (Wildman–Crippen MR) is 86.8 cm³/mol. The number of hydrogen-bond acceptors (Lipinski definition) is 6. The number of anilines is 2. The van der Waals surface area contributed by atoms with E-state index in [1.807, 2.05) is 16.7 Å². The number of aliphatic carboxylic acids is 1. The van der Waals surface area contributed by atoms with Crippen molar-refractivity contribution in [2.24, 2.45) is 5.41 Å². The number of morpholine rings is 1. The van der Waals surface area contributed by atoms with Crippen LogP contribution in [0.3, 0.4) is 0 Å². The molecule has 132 valence electrons. The number of piperidine rings is 1. The molecular formula is C16H23FN4O3. The molecule has 8 heteroatoms. The maximum absolute atomic E-state index is 14.1. The van der Waals surface area contributed by atoms with Crippen LogP contribution in [0, 0.1) is 11.2 Å². The molecule has 3 heterocycles. The quantitative estimate of drug-likeness (QED) is 0.892. The van der Waals surface area contributed by atoms with Crippen LogP contribution in [0.5, 0.6) is 0 Å². The van der Waals surface area contributed by atoms with Gasteiger partial charge >= 0.3 is 5.97 Å². The van der Waals surface area contributed by atoms with E-state index in [4.69, 9.17) is 4.74 Å². The van der Waals surface area contributed by atoms with E-state index >= 15 is 0 Å². The molecule has 1 N–H and O–H groups in total. The van der Waals surface area contributed by atoms with Gasteiger partial charge in [0.15, 0.2) is 11.6 Å². The molecule has 1 atom stereocenters. The van der Waals surface area contributed by atoms with Crippen molar-refractivity contribution in [3.63, 3.8) is 0 Å². The second kappa shape index (κ2) is 6.88. The van der Waals surface area contributed by atoms with E-state index in [9.17, 15) is 14.3 Å². The molecule has 0 aromatic carbocycles. The highest BCUT2D eigenvalue weighted by Gasteiger charge is 2.41. The molecule has 2 saturated heterocycles. The molecule has 2 aliphatic rings. The Morgan fingerprint density at radius 2 is 2.12 bits per heavy atom. The number of rotatable bonds is 4. The van der Waals surface area contributed by atoms with Crippen LogP contribution in [0.25, 0.3) is 0 Å². The zero-order valence-corrected chi connectivity index (χ0v) is 13.9. The molecule has 24 heavy (non-hydrogen) atoms. The fourth-order valence-corrected chi connectivity index (χ4v) is 3.42. The van der Waals surface area contributed by atoms with Crippen LogP contribution in [0.2, 0.25) is 0 Å². The van der Waals surface area contributed by atoms with E-state index in [-0.39, 0.29) is 5.82 Å². The Labute approximate surface area is 140 Å². The SMILES string of the molecule is CC[C@]1(C(=O)O)CCCN(c2ncc(F)c(N3CCOCC3)n2)C1. The van der Waals surface area contributed by atoms with Crippen molar-refractivity contribution in [2.45, 2.75) is 26.2 Å². The van der Waals surface area contributed by atoms with E-state index in [0.29, 0.717) is 58.2 Å². The Bertz CT molecular complexity index is 609. The van der Waals surface area contributed by atoms with Crippen LogP contribution in [0.15, 0.2) is 6.20 Å². The fourth-order valence-electron chi connectivity index (χ4n) is 3.42. The van der Waals surface area contributed by atoms with Crippen molar-refractivity contribution in [1.82, 2.24) is 9.97 Å². The standard InChI is InChI=1S/C16H23FN4O3/c1-2-16(14(22)23)4-3-5-21(11-16)15-18-10-12(17)13(19-15)20-6-8-24-9-7-20/h10H,2-9,11H2,1H3,(H,22,23)/t16-/m0/s1. The summed E-state index contributed by atoms with van der Waals surface area (Å²) in [4.78, 5) is 23.9. The number of carboxylic acid groups (broad SMARTS) is 1. The number of carbonyl (C=O) groups is 1. The Morgan fingerprint density at radius 1 is 1.38 bits per heavy atom. The van der Waals surface area contributed by atoms with Crippen molar-refractivity contribution >= 4 is 17.7 Å². The minimum absolute atomic E-state index is 0.270. The van der Waals surface area contributed by atoms with Crippen LogP contribution >= 0.6 is 0 Å². The first kappa shape index (κ1) is 16.9. The van der Waals surface area contributed by atoms with Gasteiger partial charge in [-0.2, -0.15) is 4.98 Å². The van der Waals surface area contributed by atoms with Gasteiger partial charge in [0.1, 0.15) is 0 Å². The van der Waals surface area contributed by atoms with E-state index in [1.165, 1.54) is 6.20 Å². The third kappa shape index (κ3) is 3.15. The topological polar surface area (TPSA) is 78.8 Å². The normalized spacial score (nSPS) is 24.9. The number of halogens is 1. The summed E-state index contributed by atoms with van der Waals surface area (Å²) in [6, 6.07) is 0. The first-order chi connectivity index (χ1) is 11.6. The zero-order chi connectivity index (χ0) is 17.2. The number of carboxylic acids is 1. The molecule has 1 aromatic heterocycles. The molecule has 0 bridgehead atoms. The number of nitrogens with zero attached hydrogens (tertiary/aromatic N) is 4. The van der Waals surface area contributed by atoms with Gasteiger partial charge in [-0.05, 0) is 19.3 Å². The second-order valence-electron chi connectivity index (χ2n) is 6.41. The number of aromatic nitrogens is 2. The van der Waals surface area contributed by atoms with Crippen molar-refractivity contribution < 1.29 is 19.0 Å². The van der Waals surface area contributed by atoms with Crippen molar-refractivity contribution in [1.29, 1.82) is 0 Å². The Hall–Kier alpha value is -1.96. The molecule has 2 aliphatic heterocycles. The predicted octanol–water partition coefficient (Wildman–Crippen LogP) is 1.53. The van der Waals surface area contributed by atoms with Gasteiger partial charge in [-0.3, -0.25) is 4.79 Å². The first-order valence-corrected chi connectivity index (χ1v) is 8.39. The summed E-state index contributed by atoms with van der Waals surface area (Å²) in [5.74, 6) is -0.578. The minimum Gasteiger partial charge on any atom is -0.481 e. The third-order valence-corrected chi connectivity index (χ3v) is 5.01. The summed E-state index contributed by atoms with van der Waals surface area (Å²) in [6.45, 7) is 5.18. The van der Waals surface area contributed by atoms with Crippen LogP contribution in [0.1, 0.15) is 26.2 Å². The van der Waals surface area contributed by atoms with Gasteiger partial charge in [-0.1, -0.05) is 6.92 Å². The lowest BCUT2D eigenvalue weighted by Gasteiger charge is -2.39. The van der Waals surface area contributed by atoms with Gasteiger partial charge in [-0.15, -0.1) is 0 Å². The Morgan fingerprint density at radius 3 is 2.79 bits per heavy atom. The summed E-state index contributed by atoms with van der Waals surface area (Å²) in [7, 11) is 0. The Balaban J connectivity index is 1.85. The molecule has 0 spiro atoms. The van der Waals surface area contributed by atoms with Gasteiger partial charge in [-0.25, -0.2) is 9.37 Å². The third-order valence-electron chi connectivity index (χ3n) is 5.01. The highest BCUT2D eigenvalue weighted by atomic mass is 19.1. The summed E-state index contributed by atoms with van der Waals surface area (Å²) in [5.41, 5.74) is -0.783. The average molecular weight is 338 g/mol. The lowest BCUT2D eigenvalue weighted by molar-refractivity contribution is -0.149. The van der Waals surface area contributed by atoms with Crippen molar-refractivity contribution in [2.75, 3.05) is 49.2 Å². The highest BCUT2D eigenvalue weighted by Crippen LogP contribution is 2.35. The lowest BCUT2D eigenvalue weighted by Crippen LogP contribution is -2.48. The molecule has 7 nitrogen and oxygen atoms in total. The first-order valence-electron chi connectivity index (χ1n) is 8.39. The minimum atomic E-state index is -0.787. The van der Waals surface area contributed by atoms with Crippen LogP contribution in [0.4, 0.5) is 16.2 Å². The largest absolute Gasteiger partial charge is 0.481 e. The van der Waals surface area contributed by atoms with Gasteiger partial charge in [0.25, 0.3) is 0 Å². The van der Waals surface area contributed by atoms with E-state index in [2.05, 4.69) is 9.97 Å². The molecule has 0 amide bonds. The van der Waals surface area contributed by atoms with Gasteiger partial charge in [0, 0.05) is 26.2 Å². The molecule has 1 aromatic rings. The second-order valence-corrected chi connectivity index (χ2v) is 6.41.